The summed E-state index contributed by atoms with van der Waals surface area (Å²) >= 11 is 0. The molecule has 0 aromatic heterocycles. The standard InChI is InChI=1S/C15H15F5N2O/c1-21-7-11-10(13(21)23)4-9(5-12(11)15(18,19)20)6-22-3-2-14(16,17)8-22/h4-5H,2-3,6-8H2,1H3. The van der Waals surface area contributed by atoms with Crippen LogP contribution in [0.3, 0.4) is 0 Å². The number of amides is 1. The number of alkyl halides is 5. The molecule has 0 radical (unpaired) electrons. The van der Waals surface area contributed by atoms with Crippen molar-refractivity contribution in [2.45, 2.75) is 31.6 Å². The SMILES string of the molecule is CN1Cc2c(cc(CN3CCC(F)(F)C3)cc2C(F)(F)F)C1=O. The maximum absolute atomic E-state index is 13.3. The molecule has 2 aliphatic heterocycles. The van der Waals surface area contributed by atoms with E-state index in [9.17, 15) is 26.7 Å². The van der Waals surface area contributed by atoms with Crippen LogP contribution >= 0.6 is 0 Å². The molecule has 0 unspecified atom stereocenters. The van der Waals surface area contributed by atoms with Gasteiger partial charge in [0.25, 0.3) is 11.8 Å². The predicted octanol–water partition coefficient (Wildman–Crippen LogP) is 3.13. The topological polar surface area (TPSA) is 23.6 Å². The van der Waals surface area contributed by atoms with Crippen LogP contribution in [0.25, 0.3) is 0 Å². The summed E-state index contributed by atoms with van der Waals surface area (Å²) in [6.07, 6.45) is -4.88. The van der Waals surface area contributed by atoms with Gasteiger partial charge in [-0.25, -0.2) is 8.78 Å². The fraction of sp³-hybridized carbons (Fsp3) is 0.533. The lowest BCUT2D eigenvalue weighted by molar-refractivity contribution is -0.138. The van der Waals surface area contributed by atoms with Gasteiger partial charge in [-0.15, -0.1) is 0 Å². The van der Waals surface area contributed by atoms with E-state index in [1.807, 2.05) is 0 Å². The molecule has 1 aromatic carbocycles. The van der Waals surface area contributed by atoms with Gasteiger partial charge in [0.05, 0.1) is 12.1 Å². The molecule has 1 saturated heterocycles. The largest absolute Gasteiger partial charge is 0.416 e. The van der Waals surface area contributed by atoms with Gasteiger partial charge in [0.2, 0.25) is 0 Å². The van der Waals surface area contributed by atoms with E-state index in [0.717, 1.165) is 6.07 Å². The van der Waals surface area contributed by atoms with Gasteiger partial charge in [-0.05, 0) is 23.3 Å². The molecule has 8 heteroatoms. The van der Waals surface area contributed by atoms with E-state index in [1.54, 1.807) is 0 Å². The summed E-state index contributed by atoms with van der Waals surface area (Å²) in [6, 6.07) is 2.37. The number of nitrogens with zero attached hydrogens (tertiary/aromatic N) is 2. The number of carbonyl (C=O) groups excluding carboxylic acids is 1. The minimum Gasteiger partial charge on any atom is -0.337 e. The lowest BCUT2D eigenvalue weighted by Gasteiger charge is -2.18. The van der Waals surface area contributed by atoms with E-state index in [1.165, 1.54) is 22.9 Å². The van der Waals surface area contributed by atoms with Crippen LogP contribution in [0.15, 0.2) is 12.1 Å². The van der Waals surface area contributed by atoms with Crippen LogP contribution in [-0.2, 0) is 19.3 Å². The van der Waals surface area contributed by atoms with Gasteiger partial charge in [0.1, 0.15) is 0 Å². The van der Waals surface area contributed by atoms with Crippen LogP contribution < -0.4 is 0 Å². The third kappa shape index (κ3) is 3.04. The normalized spacial score (nSPS) is 21.1. The Hall–Kier alpha value is -1.70. The highest BCUT2D eigenvalue weighted by Gasteiger charge is 2.41. The molecule has 0 bridgehead atoms. The van der Waals surface area contributed by atoms with Gasteiger partial charge < -0.3 is 4.90 Å². The maximum Gasteiger partial charge on any atom is 0.416 e. The summed E-state index contributed by atoms with van der Waals surface area (Å²) < 4.78 is 66.2. The molecular weight excluding hydrogens is 319 g/mol. The molecule has 1 aromatic rings. The summed E-state index contributed by atoms with van der Waals surface area (Å²) in [5.74, 6) is -3.28. The highest BCUT2D eigenvalue weighted by atomic mass is 19.4. The van der Waals surface area contributed by atoms with E-state index in [-0.39, 0.29) is 42.7 Å². The van der Waals surface area contributed by atoms with Crippen molar-refractivity contribution in [1.29, 1.82) is 0 Å². The van der Waals surface area contributed by atoms with Gasteiger partial charge in [-0.2, -0.15) is 13.2 Å². The molecule has 0 atom stereocenters. The summed E-state index contributed by atoms with van der Waals surface area (Å²) in [6.45, 7) is -0.466. The molecule has 0 aliphatic carbocycles. The Balaban J connectivity index is 1.95. The van der Waals surface area contributed by atoms with Crippen molar-refractivity contribution in [2.75, 3.05) is 20.1 Å². The second-order valence-electron chi connectivity index (χ2n) is 6.15. The Bertz CT molecular complexity index is 656. The second kappa shape index (κ2) is 5.15. The summed E-state index contributed by atoms with van der Waals surface area (Å²) in [5, 5.41) is 0. The summed E-state index contributed by atoms with van der Waals surface area (Å²) in [5.41, 5.74) is -0.644. The quantitative estimate of drug-likeness (QED) is 0.776. The first-order chi connectivity index (χ1) is 10.6. The van der Waals surface area contributed by atoms with Crippen LogP contribution in [-0.4, -0.2) is 41.8 Å². The van der Waals surface area contributed by atoms with Crippen LogP contribution in [0.1, 0.15) is 33.5 Å². The van der Waals surface area contributed by atoms with Crippen LogP contribution in [0.5, 0.6) is 0 Å². The molecule has 2 aliphatic rings. The molecule has 0 N–H and O–H groups in total. The molecule has 0 saturated carbocycles. The van der Waals surface area contributed by atoms with Gasteiger partial charge in [-0.3, -0.25) is 9.69 Å². The van der Waals surface area contributed by atoms with Crippen molar-refractivity contribution in [3.63, 3.8) is 0 Å². The van der Waals surface area contributed by atoms with E-state index in [2.05, 4.69) is 0 Å². The molecule has 1 amide bonds. The zero-order valence-electron chi connectivity index (χ0n) is 12.4. The van der Waals surface area contributed by atoms with Gasteiger partial charge in [0.15, 0.2) is 0 Å². The predicted molar refractivity (Wildman–Crippen MR) is 72.1 cm³/mol. The van der Waals surface area contributed by atoms with Crippen LogP contribution in [0.2, 0.25) is 0 Å². The zero-order valence-corrected chi connectivity index (χ0v) is 12.4. The monoisotopic (exact) mass is 334 g/mol. The number of hydrogen-bond acceptors (Lipinski definition) is 2. The first kappa shape index (κ1) is 16.2. The molecule has 0 spiro atoms. The van der Waals surface area contributed by atoms with Gasteiger partial charge >= 0.3 is 6.18 Å². The highest BCUT2D eigenvalue weighted by Crippen LogP contribution is 2.38. The lowest BCUT2D eigenvalue weighted by atomic mass is 9.98. The van der Waals surface area contributed by atoms with E-state index in [4.69, 9.17) is 0 Å². The molecule has 3 nitrogen and oxygen atoms in total. The summed E-state index contributed by atoms with van der Waals surface area (Å²) in [7, 11) is 1.43. The number of rotatable bonds is 2. The minimum absolute atomic E-state index is 0.0169. The first-order valence-electron chi connectivity index (χ1n) is 7.15. The van der Waals surface area contributed by atoms with Crippen molar-refractivity contribution < 1.29 is 26.7 Å². The number of likely N-dealkylation sites (tertiary alicyclic amines) is 1. The summed E-state index contributed by atoms with van der Waals surface area (Å²) in [4.78, 5) is 14.6. The average molecular weight is 334 g/mol. The smallest absolute Gasteiger partial charge is 0.337 e. The molecule has 1 fully saturated rings. The molecule has 126 valence electrons. The maximum atomic E-state index is 13.3. The minimum atomic E-state index is -4.58. The lowest BCUT2D eigenvalue weighted by Crippen LogP contribution is -2.25. The Morgan fingerprint density at radius 2 is 1.96 bits per heavy atom. The third-order valence-electron chi connectivity index (χ3n) is 4.24. The average Bonchev–Trinajstić information content (AvgIpc) is 2.89. The number of benzene rings is 1. The number of halogens is 5. The van der Waals surface area contributed by atoms with E-state index in [0.29, 0.717) is 0 Å². The fourth-order valence-electron chi connectivity index (χ4n) is 3.15. The third-order valence-corrected chi connectivity index (χ3v) is 4.24. The number of carbonyl (C=O) groups is 1. The van der Waals surface area contributed by atoms with Crippen LogP contribution in [0, 0.1) is 0 Å². The van der Waals surface area contributed by atoms with Crippen molar-refractivity contribution in [2.24, 2.45) is 0 Å². The zero-order chi connectivity index (χ0) is 17.0. The van der Waals surface area contributed by atoms with E-state index < -0.39 is 30.1 Å². The van der Waals surface area contributed by atoms with Crippen molar-refractivity contribution >= 4 is 5.91 Å². The van der Waals surface area contributed by atoms with Gasteiger partial charge in [0, 0.05) is 38.7 Å². The van der Waals surface area contributed by atoms with Crippen molar-refractivity contribution in [3.8, 4) is 0 Å². The van der Waals surface area contributed by atoms with Gasteiger partial charge in [-0.1, -0.05) is 0 Å². The van der Waals surface area contributed by atoms with Crippen molar-refractivity contribution in [1.82, 2.24) is 9.80 Å². The highest BCUT2D eigenvalue weighted by molar-refractivity contribution is 5.98. The van der Waals surface area contributed by atoms with Crippen LogP contribution in [0.4, 0.5) is 22.0 Å². The second-order valence-corrected chi connectivity index (χ2v) is 6.15. The Morgan fingerprint density at radius 3 is 2.52 bits per heavy atom. The Labute approximate surface area is 129 Å². The van der Waals surface area contributed by atoms with Crippen molar-refractivity contribution in [3.05, 3.63) is 34.4 Å². The molecule has 23 heavy (non-hydrogen) atoms. The molecule has 3 rings (SSSR count). The Kier molecular flexibility index (Phi) is 3.62. The fourth-order valence-corrected chi connectivity index (χ4v) is 3.15. The molecule has 2 heterocycles. The number of fused-ring (bicyclic) bond motifs is 1. The Morgan fingerprint density at radius 1 is 1.26 bits per heavy atom. The molecular formula is C15H15F5N2O. The van der Waals surface area contributed by atoms with E-state index >= 15 is 0 Å². The number of hydrogen-bond donors (Lipinski definition) is 0. The first-order valence-corrected chi connectivity index (χ1v) is 7.15.